The second kappa shape index (κ2) is 19.1. The van der Waals surface area contributed by atoms with Crippen LogP contribution in [0.2, 0.25) is 0 Å². The number of nitrogens with one attached hydrogen (secondary N) is 2. The summed E-state index contributed by atoms with van der Waals surface area (Å²) in [5, 5.41) is 5.51. The fourth-order valence-corrected chi connectivity index (χ4v) is 1.73. The highest BCUT2D eigenvalue weighted by atomic mass is 16.6. The Labute approximate surface area is 150 Å². The zero-order chi connectivity index (χ0) is 18.6. The van der Waals surface area contributed by atoms with Crippen LogP contribution in [0.3, 0.4) is 0 Å². The van der Waals surface area contributed by atoms with Crippen LogP contribution in [0.1, 0.15) is 33.1 Å². The van der Waals surface area contributed by atoms with Gasteiger partial charge in [0.05, 0.1) is 52.9 Å². The Morgan fingerprint density at radius 3 is 1.44 bits per heavy atom. The Morgan fingerprint density at radius 1 is 0.640 bits per heavy atom. The predicted octanol–water partition coefficient (Wildman–Crippen LogP) is 0.495. The molecule has 0 radical (unpaired) electrons. The third kappa shape index (κ3) is 19.0. The summed E-state index contributed by atoms with van der Waals surface area (Å²) < 4.78 is 21.4. The number of rotatable bonds is 18. The molecule has 2 amide bonds. The summed E-state index contributed by atoms with van der Waals surface area (Å²) in [4.78, 5) is 22.2. The molecule has 0 saturated carbocycles. The van der Waals surface area contributed by atoms with Gasteiger partial charge in [0, 0.05) is 25.9 Å². The van der Waals surface area contributed by atoms with E-state index in [0.717, 1.165) is 6.42 Å². The van der Waals surface area contributed by atoms with E-state index in [0.29, 0.717) is 78.8 Å². The molecule has 0 heterocycles. The predicted molar refractivity (Wildman–Crippen MR) is 94.5 cm³/mol. The standard InChI is InChI=1S/C17H34N2O6/c1-3-5-17(21)19-7-9-23-11-13-25-15-14-24-12-10-22-8-6-18-16(20)4-2/h3-15H2,1-2H3,(H,18,20)(H,19,21). The van der Waals surface area contributed by atoms with Crippen LogP contribution in [-0.4, -0.2) is 77.8 Å². The first kappa shape index (κ1) is 23.8. The minimum absolute atomic E-state index is 0.0298. The number of carbonyl (C=O) groups is 2. The van der Waals surface area contributed by atoms with Crippen molar-refractivity contribution in [2.24, 2.45) is 0 Å². The lowest BCUT2D eigenvalue weighted by Crippen LogP contribution is -2.27. The molecule has 25 heavy (non-hydrogen) atoms. The van der Waals surface area contributed by atoms with Crippen LogP contribution in [0.25, 0.3) is 0 Å². The summed E-state index contributed by atoms with van der Waals surface area (Å²) in [6.45, 7) is 8.82. The van der Waals surface area contributed by atoms with Crippen molar-refractivity contribution in [3.8, 4) is 0 Å². The molecule has 0 atom stereocenters. The van der Waals surface area contributed by atoms with Crippen molar-refractivity contribution in [3.05, 3.63) is 0 Å². The van der Waals surface area contributed by atoms with Crippen LogP contribution in [0.15, 0.2) is 0 Å². The lowest BCUT2D eigenvalue weighted by atomic mass is 10.3. The van der Waals surface area contributed by atoms with Crippen LogP contribution >= 0.6 is 0 Å². The van der Waals surface area contributed by atoms with Crippen molar-refractivity contribution >= 4 is 11.8 Å². The topological polar surface area (TPSA) is 95.1 Å². The van der Waals surface area contributed by atoms with Gasteiger partial charge in [-0.1, -0.05) is 13.8 Å². The van der Waals surface area contributed by atoms with Crippen LogP contribution in [0, 0.1) is 0 Å². The number of hydrogen-bond acceptors (Lipinski definition) is 6. The Hall–Kier alpha value is -1.22. The molecule has 8 heteroatoms. The first-order chi connectivity index (χ1) is 12.2. The molecule has 0 aromatic heterocycles. The van der Waals surface area contributed by atoms with Crippen molar-refractivity contribution in [2.75, 3.05) is 65.9 Å². The number of carbonyl (C=O) groups excluding carboxylic acids is 2. The minimum Gasteiger partial charge on any atom is -0.377 e. The molecule has 8 nitrogen and oxygen atoms in total. The molecule has 0 aliphatic carbocycles. The molecule has 2 N–H and O–H groups in total. The molecule has 0 aromatic carbocycles. The average molecular weight is 362 g/mol. The summed E-state index contributed by atoms with van der Waals surface area (Å²) in [6, 6.07) is 0. The second-order valence-electron chi connectivity index (χ2n) is 5.25. The summed E-state index contributed by atoms with van der Waals surface area (Å²) >= 11 is 0. The quantitative estimate of drug-likeness (QED) is 0.345. The molecule has 0 rings (SSSR count). The van der Waals surface area contributed by atoms with Gasteiger partial charge in [0.1, 0.15) is 0 Å². The van der Waals surface area contributed by atoms with Crippen LogP contribution in [0.4, 0.5) is 0 Å². The first-order valence-electron chi connectivity index (χ1n) is 9.05. The van der Waals surface area contributed by atoms with Gasteiger partial charge in [-0.2, -0.15) is 0 Å². The van der Waals surface area contributed by atoms with Crippen LogP contribution in [-0.2, 0) is 28.5 Å². The van der Waals surface area contributed by atoms with Crippen LogP contribution in [0.5, 0.6) is 0 Å². The highest BCUT2D eigenvalue weighted by molar-refractivity contribution is 5.75. The van der Waals surface area contributed by atoms with Crippen molar-refractivity contribution in [2.45, 2.75) is 33.1 Å². The van der Waals surface area contributed by atoms with Crippen molar-refractivity contribution in [1.82, 2.24) is 10.6 Å². The number of hydrogen-bond donors (Lipinski definition) is 2. The summed E-state index contributed by atoms with van der Waals surface area (Å²) in [5.74, 6) is 0.0939. The Kier molecular flexibility index (Phi) is 18.2. The third-order valence-electron chi connectivity index (χ3n) is 3.05. The normalized spacial score (nSPS) is 10.6. The van der Waals surface area contributed by atoms with Gasteiger partial charge in [0.2, 0.25) is 11.8 Å². The average Bonchev–Trinajstić information content (AvgIpc) is 2.61. The molecular formula is C17H34N2O6. The van der Waals surface area contributed by atoms with Gasteiger partial charge >= 0.3 is 0 Å². The fourth-order valence-electron chi connectivity index (χ4n) is 1.73. The van der Waals surface area contributed by atoms with E-state index in [1.54, 1.807) is 0 Å². The smallest absolute Gasteiger partial charge is 0.220 e. The lowest BCUT2D eigenvalue weighted by molar-refractivity contribution is -0.122. The highest BCUT2D eigenvalue weighted by Gasteiger charge is 1.98. The molecule has 0 aliphatic heterocycles. The van der Waals surface area contributed by atoms with E-state index >= 15 is 0 Å². The Morgan fingerprint density at radius 2 is 1.04 bits per heavy atom. The van der Waals surface area contributed by atoms with Gasteiger partial charge in [-0.25, -0.2) is 0 Å². The molecule has 148 valence electrons. The first-order valence-corrected chi connectivity index (χ1v) is 9.05. The maximum Gasteiger partial charge on any atom is 0.220 e. The molecule has 0 fully saturated rings. The van der Waals surface area contributed by atoms with Gasteiger partial charge in [0.15, 0.2) is 0 Å². The van der Waals surface area contributed by atoms with E-state index in [4.69, 9.17) is 18.9 Å². The largest absolute Gasteiger partial charge is 0.377 e. The lowest BCUT2D eigenvalue weighted by Gasteiger charge is -2.08. The molecule has 0 spiro atoms. The van der Waals surface area contributed by atoms with E-state index < -0.39 is 0 Å². The zero-order valence-electron chi connectivity index (χ0n) is 15.6. The molecule has 0 bridgehead atoms. The summed E-state index contributed by atoms with van der Waals surface area (Å²) in [7, 11) is 0. The minimum atomic E-state index is 0.0298. The van der Waals surface area contributed by atoms with E-state index in [9.17, 15) is 9.59 Å². The van der Waals surface area contributed by atoms with E-state index in [1.807, 2.05) is 13.8 Å². The molecular weight excluding hydrogens is 328 g/mol. The molecule has 0 unspecified atom stereocenters. The zero-order valence-corrected chi connectivity index (χ0v) is 15.6. The van der Waals surface area contributed by atoms with Crippen molar-refractivity contribution < 1.29 is 28.5 Å². The van der Waals surface area contributed by atoms with Crippen molar-refractivity contribution in [3.63, 3.8) is 0 Å². The summed E-state index contributed by atoms with van der Waals surface area (Å²) in [6.07, 6.45) is 1.90. The Balaban J connectivity index is 3.07. The SMILES string of the molecule is CCCC(=O)NCCOCCOCCOCCOCCNC(=O)CC. The van der Waals surface area contributed by atoms with Gasteiger partial charge in [-0.3, -0.25) is 9.59 Å². The van der Waals surface area contributed by atoms with E-state index in [2.05, 4.69) is 10.6 Å². The monoisotopic (exact) mass is 362 g/mol. The third-order valence-corrected chi connectivity index (χ3v) is 3.05. The van der Waals surface area contributed by atoms with Gasteiger partial charge < -0.3 is 29.6 Å². The van der Waals surface area contributed by atoms with Gasteiger partial charge in [0.25, 0.3) is 0 Å². The maximum absolute atomic E-state index is 11.2. The van der Waals surface area contributed by atoms with Gasteiger partial charge in [-0.05, 0) is 6.42 Å². The maximum atomic E-state index is 11.2. The van der Waals surface area contributed by atoms with Crippen molar-refractivity contribution in [1.29, 1.82) is 0 Å². The summed E-state index contributed by atoms with van der Waals surface area (Å²) in [5.41, 5.74) is 0. The molecule has 0 aromatic rings. The number of amides is 2. The Bertz CT molecular complexity index is 328. The highest BCUT2D eigenvalue weighted by Crippen LogP contribution is 1.86. The van der Waals surface area contributed by atoms with Crippen LogP contribution < -0.4 is 10.6 Å². The van der Waals surface area contributed by atoms with Gasteiger partial charge in [-0.15, -0.1) is 0 Å². The second-order valence-corrected chi connectivity index (χ2v) is 5.25. The van der Waals surface area contributed by atoms with E-state index in [1.165, 1.54) is 0 Å². The number of ether oxygens (including phenoxy) is 4. The fraction of sp³-hybridized carbons (Fsp3) is 0.882. The van der Waals surface area contributed by atoms with E-state index in [-0.39, 0.29) is 11.8 Å². The molecule has 0 saturated heterocycles. The molecule has 0 aliphatic rings.